The lowest BCUT2D eigenvalue weighted by Crippen LogP contribution is -2.55. The number of ether oxygens (including phenoxy) is 1. The first-order valence-electron chi connectivity index (χ1n) is 15.9. The van der Waals surface area contributed by atoms with Gasteiger partial charge in [-0.1, -0.05) is 36.8 Å². The average molecular weight is 628 g/mol. The van der Waals surface area contributed by atoms with Crippen LogP contribution in [0.15, 0.2) is 88.9 Å². The first-order valence-corrected chi connectivity index (χ1v) is 17.4. The van der Waals surface area contributed by atoms with Crippen molar-refractivity contribution >= 4 is 21.6 Å². The van der Waals surface area contributed by atoms with E-state index in [2.05, 4.69) is 38.3 Å². The number of alkyl carbamates (subject to hydrolysis) is 1. The molecule has 3 heterocycles. The van der Waals surface area contributed by atoms with E-state index >= 15 is 0 Å². The van der Waals surface area contributed by atoms with Gasteiger partial charge in [-0.05, 0) is 86.7 Å². The van der Waals surface area contributed by atoms with Crippen molar-refractivity contribution < 1.29 is 17.9 Å². The molecule has 45 heavy (non-hydrogen) atoms. The van der Waals surface area contributed by atoms with Crippen molar-refractivity contribution in [2.24, 2.45) is 17.8 Å². The summed E-state index contributed by atoms with van der Waals surface area (Å²) in [5.74, 6) is 0.776. The number of hydrogen-bond donors (Lipinski definition) is 1. The standard InChI is InChI=1S/C35H41N5O4S/c1-44-34(41)38-33-9-5-8-32(33)35(25-36,27-6-3-2-4-7-27)28-16-20-39(21-17-28)22-26-23-40(24-26)29-10-12-30(13-11-29)45(42,43)31-14-18-37-19-15-31/h2-4,6-7,10-15,18-19,26,28,32-33H,5,8-9,16-17,20-24H2,1H3,(H,38,41)/t32-,33-,35?/m0/s1. The number of likely N-dealkylation sites (tertiary alicyclic amines) is 1. The Labute approximate surface area is 266 Å². The zero-order valence-corrected chi connectivity index (χ0v) is 26.5. The van der Waals surface area contributed by atoms with Crippen LogP contribution >= 0.6 is 0 Å². The average Bonchev–Trinajstić information content (AvgIpc) is 3.53. The van der Waals surface area contributed by atoms with Crippen molar-refractivity contribution in [3.8, 4) is 6.07 Å². The Morgan fingerprint density at radius 1 is 0.978 bits per heavy atom. The van der Waals surface area contributed by atoms with Crippen LogP contribution in [-0.2, 0) is 20.0 Å². The molecule has 6 rings (SSSR count). The van der Waals surface area contributed by atoms with Crippen LogP contribution in [-0.4, -0.2) is 70.3 Å². The van der Waals surface area contributed by atoms with Gasteiger partial charge in [-0.25, -0.2) is 13.2 Å². The normalized spacial score (nSPS) is 22.6. The summed E-state index contributed by atoms with van der Waals surface area (Å²) in [7, 11) is -2.17. The third kappa shape index (κ3) is 6.16. The molecule has 1 N–H and O–H groups in total. The molecular formula is C35H41N5O4S. The number of sulfone groups is 1. The van der Waals surface area contributed by atoms with E-state index in [9.17, 15) is 18.5 Å². The number of piperidine rings is 1. The number of aromatic nitrogens is 1. The highest BCUT2D eigenvalue weighted by atomic mass is 32.2. The molecule has 0 radical (unpaired) electrons. The fraction of sp³-hybridized carbons (Fsp3) is 0.457. The predicted octanol–water partition coefficient (Wildman–Crippen LogP) is 5.05. The van der Waals surface area contributed by atoms with Gasteiger partial charge in [0.25, 0.3) is 0 Å². The molecule has 1 unspecified atom stereocenters. The highest BCUT2D eigenvalue weighted by Crippen LogP contribution is 2.50. The summed E-state index contributed by atoms with van der Waals surface area (Å²) in [5.41, 5.74) is 1.43. The van der Waals surface area contributed by atoms with Gasteiger partial charge >= 0.3 is 6.09 Å². The number of hydrogen-bond acceptors (Lipinski definition) is 8. The quantitative estimate of drug-likeness (QED) is 0.351. The molecular weight excluding hydrogens is 586 g/mol. The second kappa shape index (κ2) is 13.2. The highest BCUT2D eigenvalue weighted by molar-refractivity contribution is 7.91. The van der Waals surface area contributed by atoms with Crippen molar-refractivity contribution in [2.45, 2.75) is 53.4 Å². The first kappa shape index (κ1) is 31.1. The summed E-state index contributed by atoms with van der Waals surface area (Å²) in [5, 5.41) is 14.0. The summed E-state index contributed by atoms with van der Waals surface area (Å²) in [6.07, 6.45) is 7.17. The molecule has 3 aromatic rings. The van der Waals surface area contributed by atoms with Gasteiger partial charge in [-0.3, -0.25) is 4.98 Å². The summed E-state index contributed by atoms with van der Waals surface area (Å²) in [6, 6.07) is 23.2. The fourth-order valence-corrected chi connectivity index (χ4v) is 9.16. The first-order chi connectivity index (χ1) is 21.8. The minimum Gasteiger partial charge on any atom is -0.453 e. The van der Waals surface area contributed by atoms with Crippen LogP contribution in [0.4, 0.5) is 10.5 Å². The molecule has 236 valence electrons. The van der Waals surface area contributed by atoms with Gasteiger partial charge in [0.05, 0.1) is 28.4 Å². The molecule has 1 amide bonds. The van der Waals surface area contributed by atoms with Gasteiger partial charge < -0.3 is 19.9 Å². The molecule has 2 aliphatic heterocycles. The number of amides is 1. The van der Waals surface area contributed by atoms with Crippen molar-refractivity contribution in [1.82, 2.24) is 15.2 Å². The number of nitrogens with zero attached hydrogens (tertiary/aromatic N) is 4. The van der Waals surface area contributed by atoms with Crippen molar-refractivity contribution in [3.63, 3.8) is 0 Å². The van der Waals surface area contributed by atoms with Crippen molar-refractivity contribution in [1.29, 1.82) is 5.26 Å². The Morgan fingerprint density at radius 2 is 1.64 bits per heavy atom. The Hall–Kier alpha value is -3.94. The number of carbonyl (C=O) groups excluding carboxylic acids is 1. The van der Waals surface area contributed by atoms with Gasteiger partial charge in [0.2, 0.25) is 9.84 Å². The summed E-state index contributed by atoms with van der Waals surface area (Å²) < 4.78 is 30.8. The summed E-state index contributed by atoms with van der Waals surface area (Å²) >= 11 is 0. The summed E-state index contributed by atoms with van der Waals surface area (Å²) in [6.45, 7) is 4.77. The van der Waals surface area contributed by atoms with E-state index in [1.165, 1.54) is 31.6 Å². The minimum atomic E-state index is -3.56. The number of pyridine rings is 1. The highest BCUT2D eigenvalue weighted by Gasteiger charge is 2.52. The van der Waals surface area contributed by atoms with E-state index in [1.807, 2.05) is 30.3 Å². The van der Waals surface area contributed by atoms with Gasteiger partial charge in [0.15, 0.2) is 0 Å². The van der Waals surface area contributed by atoms with Crippen LogP contribution in [0.3, 0.4) is 0 Å². The Bertz CT molecular complexity index is 1600. The lowest BCUT2D eigenvalue weighted by molar-refractivity contribution is 0.0939. The van der Waals surface area contributed by atoms with Gasteiger partial charge in [0.1, 0.15) is 0 Å². The molecule has 9 nitrogen and oxygen atoms in total. The van der Waals surface area contributed by atoms with E-state index in [-0.39, 0.29) is 27.7 Å². The number of rotatable bonds is 9. The maximum Gasteiger partial charge on any atom is 0.407 e. The molecule has 3 aliphatic rings. The Morgan fingerprint density at radius 3 is 2.29 bits per heavy atom. The number of carbonyl (C=O) groups is 1. The van der Waals surface area contributed by atoms with Gasteiger partial charge in [0, 0.05) is 55.6 Å². The number of nitriles is 1. The lowest BCUT2D eigenvalue weighted by atomic mass is 9.59. The van der Waals surface area contributed by atoms with Crippen LogP contribution in [0, 0.1) is 29.1 Å². The zero-order chi connectivity index (χ0) is 31.4. The zero-order valence-electron chi connectivity index (χ0n) is 25.7. The molecule has 0 spiro atoms. The van der Waals surface area contributed by atoms with E-state index in [1.54, 1.807) is 12.1 Å². The van der Waals surface area contributed by atoms with E-state index in [0.717, 1.165) is 76.1 Å². The number of nitrogens with one attached hydrogen (secondary N) is 1. The lowest BCUT2D eigenvalue weighted by Gasteiger charge is -2.48. The molecule has 3 atom stereocenters. The smallest absolute Gasteiger partial charge is 0.407 e. The third-order valence-electron chi connectivity index (χ3n) is 10.2. The minimum absolute atomic E-state index is 0.0341. The molecule has 1 aliphatic carbocycles. The fourth-order valence-electron chi connectivity index (χ4n) is 7.92. The largest absolute Gasteiger partial charge is 0.453 e. The second-order valence-electron chi connectivity index (χ2n) is 12.7. The molecule has 10 heteroatoms. The van der Waals surface area contributed by atoms with Gasteiger partial charge in [-0.2, -0.15) is 5.26 Å². The predicted molar refractivity (Wildman–Crippen MR) is 171 cm³/mol. The van der Waals surface area contributed by atoms with E-state index < -0.39 is 21.3 Å². The van der Waals surface area contributed by atoms with Crippen molar-refractivity contribution in [3.05, 3.63) is 84.7 Å². The molecule has 1 saturated carbocycles. The maximum absolute atomic E-state index is 12.9. The second-order valence-corrected chi connectivity index (χ2v) is 14.6. The van der Waals surface area contributed by atoms with Gasteiger partial charge in [-0.15, -0.1) is 0 Å². The Balaban J connectivity index is 1.07. The topological polar surface area (TPSA) is 116 Å². The molecule has 1 aromatic heterocycles. The van der Waals surface area contributed by atoms with Crippen molar-refractivity contribution in [2.75, 3.05) is 44.7 Å². The molecule has 2 aromatic carbocycles. The molecule has 0 bridgehead atoms. The van der Waals surface area contributed by atoms with E-state index in [4.69, 9.17) is 4.74 Å². The Kier molecular flexibility index (Phi) is 9.11. The SMILES string of the molecule is COC(=O)N[C@H]1CCC[C@@H]1C(C#N)(c1ccccc1)C1CCN(CC2CN(c3ccc(S(=O)(=O)c4ccncc4)cc3)C2)CC1. The third-order valence-corrected chi connectivity index (χ3v) is 12.0. The number of methoxy groups -OCH3 is 1. The molecule has 2 saturated heterocycles. The van der Waals surface area contributed by atoms with E-state index in [0.29, 0.717) is 5.92 Å². The van der Waals surface area contributed by atoms with Crippen LogP contribution in [0.1, 0.15) is 37.7 Å². The van der Waals surface area contributed by atoms with Crippen LogP contribution in [0.25, 0.3) is 0 Å². The van der Waals surface area contributed by atoms with Crippen LogP contribution < -0.4 is 10.2 Å². The molecule has 3 fully saturated rings. The van der Waals surface area contributed by atoms with Crippen LogP contribution in [0.2, 0.25) is 0 Å². The summed E-state index contributed by atoms with van der Waals surface area (Å²) in [4.78, 5) is 21.5. The monoisotopic (exact) mass is 627 g/mol. The number of anilines is 1. The maximum atomic E-state index is 12.9. The number of benzene rings is 2. The van der Waals surface area contributed by atoms with Crippen LogP contribution in [0.5, 0.6) is 0 Å².